The first-order chi connectivity index (χ1) is 29.1. The van der Waals surface area contributed by atoms with Crippen molar-refractivity contribution in [1.82, 2.24) is 29.6 Å². The summed E-state index contributed by atoms with van der Waals surface area (Å²) in [4.78, 5) is 42.9. The molecule has 2 atom stereocenters. The van der Waals surface area contributed by atoms with Crippen LogP contribution in [-0.4, -0.2) is 126 Å². The number of hydrogen-bond donors (Lipinski definition) is 3. The molecule has 0 aliphatic carbocycles. The Morgan fingerprint density at radius 2 is 1.12 bits per heavy atom. The largest absolute Gasteiger partial charge is 0.484 e. The molecule has 0 radical (unpaired) electrons. The van der Waals surface area contributed by atoms with Crippen LogP contribution in [0.4, 0.5) is 11.6 Å². The van der Waals surface area contributed by atoms with Crippen LogP contribution < -0.4 is 15.4 Å². The second kappa shape index (κ2) is 18.6. The number of pyridine rings is 2. The van der Waals surface area contributed by atoms with Crippen molar-refractivity contribution in [2.45, 2.75) is 25.0 Å². The molecule has 312 valence electrons. The molecule has 3 N–H and O–H groups in total. The minimum absolute atomic E-state index is 0.0827. The summed E-state index contributed by atoms with van der Waals surface area (Å²) in [5, 5.41) is 17.8. The molecule has 0 saturated carbocycles. The predicted molar refractivity (Wildman–Crippen MR) is 237 cm³/mol. The Morgan fingerprint density at radius 3 is 1.65 bits per heavy atom. The maximum atomic E-state index is 12.9. The molecule has 3 aromatic carbocycles. The Kier molecular flexibility index (Phi) is 12.8. The zero-order valence-electron chi connectivity index (χ0n) is 33.9. The zero-order valence-corrected chi connectivity index (χ0v) is 35.4. The fraction of sp³-hybridized carbons (Fsp3) is 0.348. The van der Waals surface area contributed by atoms with Crippen LogP contribution in [0.15, 0.2) is 91.3 Å². The summed E-state index contributed by atoms with van der Waals surface area (Å²) in [6.07, 6.45) is 4.45. The molecule has 2 aromatic heterocycles. The molecule has 12 nitrogen and oxygen atoms in total. The summed E-state index contributed by atoms with van der Waals surface area (Å²) in [6, 6.07) is 24.7. The van der Waals surface area contributed by atoms with Crippen molar-refractivity contribution in [2.24, 2.45) is 0 Å². The van der Waals surface area contributed by atoms with Gasteiger partial charge in [0.1, 0.15) is 23.5 Å². The first-order valence-electron chi connectivity index (χ1n) is 20.5. The summed E-state index contributed by atoms with van der Waals surface area (Å²) in [5.41, 5.74) is 7.13. The molecular formula is C46H50Cl2N8O4. The Hall–Kier alpha value is -5.24. The molecule has 0 bridgehead atoms. The van der Waals surface area contributed by atoms with Crippen LogP contribution >= 0.6 is 23.2 Å². The quantitative estimate of drug-likeness (QED) is 0.160. The number of aromatic nitrogens is 2. The number of halogens is 2. The molecule has 6 heterocycles. The lowest BCUT2D eigenvalue weighted by Crippen LogP contribution is -2.47. The van der Waals surface area contributed by atoms with E-state index in [1.807, 2.05) is 70.6 Å². The van der Waals surface area contributed by atoms with Crippen molar-refractivity contribution >= 4 is 46.7 Å². The Balaban J connectivity index is 0.000000172. The number of benzene rings is 3. The maximum absolute atomic E-state index is 12.9. The molecule has 9 rings (SSSR count). The maximum Gasteiger partial charge on any atom is 0.253 e. The molecule has 4 aliphatic rings. The first kappa shape index (κ1) is 41.5. The van der Waals surface area contributed by atoms with Crippen LogP contribution in [-0.2, 0) is 0 Å². The van der Waals surface area contributed by atoms with Gasteiger partial charge in [-0.3, -0.25) is 9.59 Å². The molecule has 2 amide bonds. The van der Waals surface area contributed by atoms with Crippen LogP contribution in [0.1, 0.15) is 56.9 Å². The van der Waals surface area contributed by atoms with Crippen molar-refractivity contribution in [3.63, 3.8) is 0 Å². The SMILES string of the molecule is CN1CCN(C(=O)c2ccc(-c3cnc4c(c3)C(O)CCN4)cc2)CC1.CN1CCN(C(=O)c2ccc(-c3cnc4c(c3)C(Oc3cc(Cl)ccc3Cl)CCN4)cc2)CC1. The van der Waals surface area contributed by atoms with Crippen LogP contribution in [0, 0.1) is 0 Å². The van der Waals surface area contributed by atoms with E-state index in [-0.39, 0.29) is 17.9 Å². The molecule has 60 heavy (non-hydrogen) atoms. The summed E-state index contributed by atoms with van der Waals surface area (Å²) >= 11 is 12.5. The number of aliphatic hydroxyl groups is 1. The number of nitrogens with zero attached hydrogens (tertiary/aromatic N) is 6. The van der Waals surface area contributed by atoms with E-state index in [0.29, 0.717) is 33.3 Å². The Labute approximate surface area is 361 Å². The fourth-order valence-electron chi connectivity index (χ4n) is 7.87. The number of likely N-dealkylation sites (N-methyl/N-ethyl adjacent to an activating group) is 2. The molecule has 4 aliphatic heterocycles. The highest BCUT2D eigenvalue weighted by Gasteiger charge is 2.26. The number of piperazine rings is 2. The minimum atomic E-state index is -0.475. The van der Waals surface area contributed by atoms with Crippen LogP contribution in [0.3, 0.4) is 0 Å². The zero-order chi connectivity index (χ0) is 41.8. The average molecular weight is 850 g/mol. The van der Waals surface area contributed by atoms with E-state index in [9.17, 15) is 14.7 Å². The van der Waals surface area contributed by atoms with Gasteiger partial charge in [-0.15, -0.1) is 0 Å². The highest BCUT2D eigenvalue weighted by molar-refractivity contribution is 6.34. The van der Waals surface area contributed by atoms with Crippen LogP contribution in [0.5, 0.6) is 5.75 Å². The number of nitrogens with one attached hydrogen (secondary N) is 2. The molecule has 2 saturated heterocycles. The number of fused-ring (bicyclic) bond motifs is 2. The Morgan fingerprint density at radius 1 is 0.633 bits per heavy atom. The molecule has 5 aromatic rings. The molecule has 2 unspecified atom stereocenters. The number of ether oxygens (including phenoxy) is 1. The van der Waals surface area contributed by atoms with Gasteiger partial charge in [-0.25, -0.2) is 9.97 Å². The minimum Gasteiger partial charge on any atom is -0.484 e. The second-order valence-corrected chi connectivity index (χ2v) is 16.6. The van der Waals surface area contributed by atoms with E-state index >= 15 is 0 Å². The average Bonchev–Trinajstić information content (AvgIpc) is 3.28. The highest BCUT2D eigenvalue weighted by Crippen LogP contribution is 2.38. The van der Waals surface area contributed by atoms with Gasteiger partial charge in [-0.2, -0.15) is 0 Å². The lowest BCUT2D eigenvalue weighted by molar-refractivity contribution is 0.0657. The van der Waals surface area contributed by atoms with Gasteiger partial charge in [0, 0.05) is 129 Å². The van der Waals surface area contributed by atoms with E-state index in [4.69, 9.17) is 27.9 Å². The summed E-state index contributed by atoms with van der Waals surface area (Å²) < 4.78 is 6.26. The molecular weight excluding hydrogens is 799 g/mol. The molecule has 0 spiro atoms. The Bertz CT molecular complexity index is 2310. The van der Waals surface area contributed by atoms with E-state index < -0.39 is 6.10 Å². The van der Waals surface area contributed by atoms with E-state index in [0.717, 1.165) is 117 Å². The predicted octanol–water partition coefficient (Wildman–Crippen LogP) is 7.36. The van der Waals surface area contributed by atoms with Crippen molar-refractivity contribution in [2.75, 3.05) is 90.2 Å². The lowest BCUT2D eigenvalue weighted by Gasteiger charge is -2.32. The standard InChI is InChI=1S/C26H26Cl2N4O2.C20H24N4O2/c1-31-10-12-32(13-11-31)26(33)18-4-2-17(3-5-18)19-14-21-23(8-9-29-25(21)30-16-19)34-24-15-20(27)6-7-22(24)28;1-23-8-10-24(11-9-23)20(26)15-4-2-14(3-5-15)16-12-17-18(25)6-7-21-19(17)22-13-16/h2-7,14-16,23H,8-13H2,1H3,(H,29,30);2-5,12-13,18,25H,6-11H2,1H3,(H,21,22). The van der Waals surface area contributed by atoms with Crippen molar-refractivity contribution in [3.05, 3.63) is 124 Å². The smallest absolute Gasteiger partial charge is 0.253 e. The van der Waals surface area contributed by atoms with Gasteiger partial charge >= 0.3 is 0 Å². The summed E-state index contributed by atoms with van der Waals surface area (Å²) in [7, 11) is 4.16. The van der Waals surface area contributed by atoms with E-state index in [2.05, 4.69) is 50.6 Å². The third kappa shape index (κ3) is 9.53. The van der Waals surface area contributed by atoms with E-state index in [1.54, 1.807) is 24.4 Å². The lowest BCUT2D eigenvalue weighted by atomic mass is 9.98. The normalized spacial score (nSPS) is 19.1. The molecule has 2 fully saturated rings. The highest BCUT2D eigenvalue weighted by atomic mass is 35.5. The van der Waals surface area contributed by atoms with Gasteiger partial charge < -0.3 is 40.1 Å². The number of carbonyl (C=O) groups is 2. The number of rotatable bonds is 6. The summed E-state index contributed by atoms with van der Waals surface area (Å²) in [5.74, 6) is 2.30. The fourth-order valence-corrected chi connectivity index (χ4v) is 8.20. The van der Waals surface area contributed by atoms with Crippen LogP contribution in [0.2, 0.25) is 10.0 Å². The molecule has 14 heteroatoms. The van der Waals surface area contributed by atoms with Crippen molar-refractivity contribution < 1.29 is 19.4 Å². The number of carbonyl (C=O) groups excluding carboxylic acids is 2. The van der Waals surface area contributed by atoms with Gasteiger partial charge in [-0.05, 0) is 80.2 Å². The van der Waals surface area contributed by atoms with Gasteiger partial charge in [0.05, 0.1) is 11.1 Å². The monoisotopic (exact) mass is 848 g/mol. The van der Waals surface area contributed by atoms with Gasteiger partial charge in [0.15, 0.2) is 0 Å². The third-order valence-electron chi connectivity index (χ3n) is 11.6. The topological polar surface area (TPSA) is 126 Å². The van der Waals surface area contributed by atoms with Crippen molar-refractivity contribution in [3.8, 4) is 28.0 Å². The summed E-state index contributed by atoms with van der Waals surface area (Å²) in [6.45, 7) is 8.21. The third-order valence-corrected chi connectivity index (χ3v) is 12.2. The van der Waals surface area contributed by atoms with Gasteiger partial charge in [-0.1, -0.05) is 47.5 Å². The number of anilines is 2. The number of hydrogen-bond acceptors (Lipinski definition) is 10. The number of amides is 2. The second-order valence-electron chi connectivity index (χ2n) is 15.8. The van der Waals surface area contributed by atoms with Gasteiger partial charge in [0.2, 0.25) is 0 Å². The first-order valence-corrected chi connectivity index (χ1v) is 21.3. The van der Waals surface area contributed by atoms with E-state index in [1.165, 1.54) is 0 Å². The van der Waals surface area contributed by atoms with Crippen molar-refractivity contribution in [1.29, 1.82) is 0 Å². The number of aliphatic hydroxyl groups excluding tert-OH is 1. The van der Waals surface area contributed by atoms with Crippen LogP contribution in [0.25, 0.3) is 22.3 Å². The van der Waals surface area contributed by atoms with Gasteiger partial charge in [0.25, 0.3) is 11.8 Å².